The van der Waals surface area contributed by atoms with Crippen molar-refractivity contribution in [3.8, 4) is 0 Å². The van der Waals surface area contributed by atoms with Crippen molar-refractivity contribution >= 4 is 46.7 Å². The third kappa shape index (κ3) is 12.6. The van der Waals surface area contributed by atoms with E-state index in [0.29, 0.717) is 18.5 Å². The summed E-state index contributed by atoms with van der Waals surface area (Å²) in [6, 6.07) is 32.6. The van der Waals surface area contributed by atoms with Crippen LogP contribution >= 0.6 is 7.26 Å². The van der Waals surface area contributed by atoms with Crippen molar-refractivity contribution in [3.63, 3.8) is 0 Å². The van der Waals surface area contributed by atoms with Crippen molar-refractivity contribution in [2.75, 3.05) is 26.9 Å². The van der Waals surface area contributed by atoms with Crippen LogP contribution < -0.4 is 32.3 Å². The van der Waals surface area contributed by atoms with Gasteiger partial charge in [0, 0.05) is 43.9 Å². The Kier molecular flexibility index (Phi) is 18.6. The molecule has 12 heteroatoms. The molecule has 340 valence electrons. The van der Waals surface area contributed by atoms with Crippen LogP contribution in [-0.2, 0) is 28.6 Å². The average molecular weight is 891 g/mol. The van der Waals surface area contributed by atoms with E-state index in [1.165, 1.54) is 42.3 Å². The summed E-state index contributed by atoms with van der Waals surface area (Å²) in [6.45, 7) is 7.58. The number of allylic oxidation sites excluding steroid dienone is 4. The predicted molar refractivity (Wildman–Crippen MR) is 256 cm³/mol. The summed E-state index contributed by atoms with van der Waals surface area (Å²) in [6.07, 6.45) is 8.61. The van der Waals surface area contributed by atoms with E-state index in [1.807, 2.05) is 13.8 Å². The van der Waals surface area contributed by atoms with Crippen LogP contribution in [0.4, 0.5) is 4.79 Å². The van der Waals surface area contributed by atoms with Crippen LogP contribution in [0.2, 0.25) is 0 Å². The first-order valence-electron chi connectivity index (χ1n) is 22.2. The summed E-state index contributed by atoms with van der Waals surface area (Å²) in [5.41, 5.74) is 6.67. The molecule has 5 N–H and O–H groups in total. The van der Waals surface area contributed by atoms with Crippen LogP contribution in [0, 0.1) is 11.8 Å². The fourth-order valence-electron chi connectivity index (χ4n) is 8.70. The van der Waals surface area contributed by atoms with E-state index < -0.39 is 61.2 Å². The number of hydrogen-bond donors (Lipinski definition) is 4. The number of Topliss-reactive ketones (excluding diaryl/α,β-unsaturated/α-hetero) is 1. The number of benzene rings is 3. The van der Waals surface area contributed by atoms with Gasteiger partial charge < -0.3 is 35.7 Å². The number of primary amides is 1. The molecule has 1 aliphatic carbocycles. The molecule has 3 aromatic rings. The summed E-state index contributed by atoms with van der Waals surface area (Å²) in [5.74, 6) is -2.09. The molecule has 0 saturated carbocycles. The van der Waals surface area contributed by atoms with Gasteiger partial charge >= 0.3 is 6.09 Å². The fraction of sp³-hybridized carbons (Fsp3) is 0.385. The first kappa shape index (κ1) is 49.6. The second-order valence-corrected chi connectivity index (χ2v) is 20.4. The number of ketones is 2. The van der Waals surface area contributed by atoms with Crippen molar-refractivity contribution in [2.24, 2.45) is 17.6 Å². The van der Waals surface area contributed by atoms with E-state index in [9.17, 15) is 24.3 Å². The van der Waals surface area contributed by atoms with Gasteiger partial charge in [-0.1, -0.05) is 99.2 Å². The third-order valence-corrected chi connectivity index (χ3v) is 16.6. The van der Waals surface area contributed by atoms with E-state index in [-0.39, 0.29) is 34.9 Å². The molecule has 1 heterocycles. The number of aliphatic hydroxyl groups is 1. The van der Waals surface area contributed by atoms with E-state index in [0.717, 1.165) is 31.8 Å². The molecule has 6 atom stereocenters. The number of nitrogens with one attached hydrogen (secondary N) is 2. The highest BCUT2D eigenvalue weighted by molar-refractivity contribution is 7.95. The Bertz CT molecular complexity index is 2120. The number of rotatable bonds is 14. The lowest BCUT2D eigenvalue weighted by atomic mass is 9.85. The molecule has 1 aliphatic heterocycles. The number of fused-ring (bicyclic) bond motifs is 2. The van der Waals surface area contributed by atoms with Crippen LogP contribution in [-0.4, -0.2) is 80.0 Å². The molecule has 1 unspecified atom stereocenters. The van der Waals surface area contributed by atoms with Crippen molar-refractivity contribution in [1.82, 2.24) is 10.6 Å². The topological polar surface area (TPSA) is 166 Å². The lowest BCUT2D eigenvalue weighted by molar-refractivity contribution is -0.120. The molecule has 0 saturated heterocycles. The molecule has 2 aliphatic rings. The zero-order valence-electron chi connectivity index (χ0n) is 38.0. The Morgan fingerprint density at radius 3 is 1.97 bits per heavy atom. The minimum atomic E-state index is -1.94. The van der Waals surface area contributed by atoms with Crippen molar-refractivity contribution in [3.05, 3.63) is 149 Å². The van der Waals surface area contributed by atoms with E-state index >= 15 is 0 Å². The van der Waals surface area contributed by atoms with E-state index in [1.54, 1.807) is 32.1 Å². The lowest BCUT2D eigenvalue weighted by Gasteiger charge is -2.30. The second-order valence-electron chi connectivity index (χ2n) is 16.8. The number of carbonyl (C=O) groups is 4. The summed E-state index contributed by atoms with van der Waals surface area (Å²) < 4.78 is 16.9. The number of unbranched alkanes of at least 4 members (excludes halogenated alkanes) is 3. The van der Waals surface area contributed by atoms with Crippen LogP contribution in [0.1, 0.15) is 66.2 Å². The maximum Gasteiger partial charge on any atom is 0.405 e. The van der Waals surface area contributed by atoms with Crippen molar-refractivity contribution in [1.29, 1.82) is 0 Å². The molecule has 0 aromatic heterocycles. The van der Waals surface area contributed by atoms with Crippen molar-refractivity contribution in [2.45, 2.75) is 90.6 Å². The molecule has 2 amide bonds. The summed E-state index contributed by atoms with van der Waals surface area (Å²) >= 11 is 0. The fourth-order valence-corrected chi connectivity index (χ4v) is 13.1. The lowest BCUT2D eigenvalue weighted by Crippen LogP contribution is -2.38. The highest BCUT2D eigenvalue weighted by Crippen LogP contribution is 2.56. The molecule has 64 heavy (non-hydrogen) atoms. The van der Waals surface area contributed by atoms with Gasteiger partial charge in [0.1, 0.15) is 29.3 Å². The standard InChI is InChI=1S/C52H64N3O8P/c1-35-31-42-47(54-29-18-7-8-19-30-64(39-22-12-9-13-23-39,40-24-14-10-15-25-40)41-26-16-11-17-27-41)44(56)34-43(49(42)58)55-51(59)36(2)21-20-28-45(61-5)50(63-52(53)60)38(4)33-37(3)48(57)46(32-35)62-6/h9-17,20-28,33-35,37,45-46,48,50,57H,7-8,18-19,29-32H2,1-6H3,(H3-,53,54,55,56,58,59,60)/p+1/b28-20-,36-21+,38-33+/t35-,37+,45+,46+,48?,50+/m1/s1. The van der Waals surface area contributed by atoms with Crippen LogP contribution in [0.5, 0.6) is 0 Å². The average Bonchev–Trinajstić information content (AvgIpc) is 3.29. The zero-order chi connectivity index (χ0) is 46.2. The molecule has 0 fully saturated rings. The Balaban J connectivity index is 1.34. The smallest absolute Gasteiger partial charge is 0.405 e. The highest BCUT2D eigenvalue weighted by Gasteiger charge is 2.44. The number of hydrogen-bond acceptors (Lipinski definition) is 9. The Hall–Kier alpha value is -5.45. The number of ether oxygens (including phenoxy) is 3. The zero-order valence-corrected chi connectivity index (χ0v) is 38.9. The Labute approximate surface area is 379 Å². The second kappa shape index (κ2) is 24.0. The normalized spacial score (nSPS) is 25.0. The first-order chi connectivity index (χ1) is 30.8. The Morgan fingerprint density at radius 2 is 1.42 bits per heavy atom. The molecule has 3 aromatic carbocycles. The Morgan fingerprint density at radius 1 is 0.844 bits per heavy atom. The number of nitrogens with two attached hydrogens (primary N) is 1. The quantitative estimate of drug-likeness (QED) is 0.0583. The summed E-state index contributed by atoms with van der Waals surface area (Å²) in [4.78, 5) is 53.4. The van der Waals surface area contributed by atoms with Gasteiger partial charge in [-0.05, 0) is 93.8 Å². The predicted octanol–water partition coefficient (Wildman–Crippen LogP) is 6.91. The van der Waals surface area contributed by atoms with Crippen LogP contribution in [0.25, 0.3) is 0 Å². The molecule has 5 rings (SSSR count). The highest BCUT2D eigenvalue weighted by atomic mass is 31.2. The third-order valence-electron chi connectivity index (χ3n) is 12.1. The molecule has 0 spiro atoms. The van der Waals surface area contributed by atoms with Gasteiger partial charge in [-0.15, -0.1) is 0 Å². The van der Waals surface area contributed by atoms with Gasteiger partial charge in [0.05, 0.1) is 29.8 Å². The van der Waals surface area contributed by atoms with Crippen LogP contribution in [0.3, 0.4) is 0 Å². The van der Waals surface area contributed by atoms with Gasteiger partial charge in [0.25, 0.3) is 5.91 Å². The van der Waals surface area contributed by atoms with E-state index in [4.69, 9.17) is 19.9 Å². The molecule has 11 nitrogen and oxygen atoms in total. The maximum atomic E-state index is 14.2. The van der Waals surface area contributed by atoms with Crippen LogP contribution in [0.15, 0.2) is 149 Å². The van der Waals surface area contributed by atoms with Gasteiger partial charge in [-0.25, -0.2) is 4.79 Å². The van der Waals surface area contributed by atoms with Gasteiger partial charge in [-0.2, -0.15) is 0 Å². The maximum absolute atomic E-state index is 14.2. The number of carbonyl (C=O) groups excluding carboxylic acids is 4. The summed E-state index contributed by atoms with van der Waals surface area (Å²) in [5, 5.41) is 21.6. The molecular weight excluding hydrogens is 826 g/mol. The monoisotopic (exact) mass is 890 g/mol. The SMILES string of the molecule is CO[C@H]1C[C@H](C)CC2=C(NCCCCCC[P+](c3ccccc3)(c3ccccc3)c3ccccc3)C(=O)C=C(NC(=O)/C(C)=C/C=C\[C@H](OC)[C@@H](OC(N)=O)/C(C)=C/[C@H](C)C1O)C2=O. The van der Waals surface area contributed by atoms with Gasteiger partial charge in [-0.3, -0.25) is 14.4 Å². The number of methoxy groups -OCH3 is 2. The molecule has 2 bridgehead atoms. The minimum absolute atomic E-state index is 0.110. The van der Waals surface area contributed by atoms with Gasteiger partial charge in [0.15, 0.2) is 6.10 Å². The number of amides is 2. The minimum Gasteiger partial charge on any atom is -0.439 e. The van der Waals surface area contributed by atoms with Gasteiger partial charge in [0.2, 0.25) is 11.6 Å². The largest absolute Gasteiger partial charge is 0.439 e. The molecular formula is C52H65N3O8P+. The van der Waals surface area contributed by atoms with E-state index in [2.05, 4.69) is 102 Å². The molecule has 0 radical (unpaired) electrons. The summed E-state index contributed by atoms with van der Waals surface area (Å²) in [7, 11) is 1.03. The number of aliphatic hydroxyl groups excluding tert-OH is 1. The van der Waals surface area contributed by atoms with Crippen molar-refractivity contribution < 1.29 is 38.5 Å². The first-order valence-corrected chi connectivity index (χ1v) is 24.1.